The van der Waals surface area contributed by atoms with Crippen molar-refractivity contribution in [2.75, 3.05) is 0 Å². The topological polar surface area (TPSA) is 38.0 Å². The summed E-state index contributed by atoms with van der Waals surface area (Å²) in [4.78, 5) is 3.14. The molecule has 0 bridgehead atoms. The summed E-state index contributed by atoms with van der Waals surface area (Å²) in [5, 5.41) is 0. The zero-order valence-electron chi connectivity index (χ0n) is 12.7. The van der Waals surface area contributed by atoms with Crippen LogP contribution >= 0.6 is 11.3 Å². The summed E-state index contributed by atoms with van der Waals surface area (Å²) in [5.74, 6) is 7.55. The number of thiophene rings is 1. The van der Waals surface area contributed by atoms with Gasteiger partial charge in [-0.3, -0.25) is 11.3 Å². The second-order valence-corrected chi connectivity index (χ2v) is 7.73. The van der Waals surface area contributed by atoms with Gasteiger partial charge in [0.1, 0.15) is 0 Å². The Morgan fingerprint density at radius 1 is 1.25 bits per heavy atom. The monoisotopic (exact) mass is 292 g/mol. The molecule has 0 spiro atoms. The van der Waals surface area contributed by atoms with Crippen molar-refractivity contribution in [3.8, 4) is 0 Å². The van der Waals surface area contributed by atoms with E-state index in [0.717, 1.165) is 11.8 Å². The van der Waals surface area contributed by atoms with Crippen molar-refractivity contribution in [3.63, 3.8) is 0 Å². The Morgan fingerprint density at radius 3 is 2.80 bits per heavy atom. The first-order valence-electron chi connectivity index (χ1n) is 8.41. The van der Waals surface area contributed by atoms with Crippen LogP contribution < -0.4 is 11.3 Å². The zero-order chi connectivity index (χ0) is 13.9. The molecule has 3 atom stereocenters. The van der Waals surface area contributed by atoms with Crippen LogP contribution in [-0.2, 0) is 12.8 Å². The molecular weight excluding hydrogens is 264 g/mol. The van der Waals surface area contributed by atoms with Gasteiger partial charge in [-0.2, -0.15) is 0 Å². The first kappa shape index (κ1) is 14.6. The van der Waals surface area contributed by atoms with Gasteiger partial charge >= 0.3 is 0 Å². The van der Waals surface area contributed by atoms with Gasteiger partial charge in [0.2, 0.25) is 0 Å². The molecule has 1 saturated carbocycles. The SMILES string of the molecule is CCC1CCCCC1C(NN)c1cc2c(s1)CCCC2. The normalized spacial score (nSPS) is 28.1. The fourth-order valence-electron chi connectivity index (χ4n) is 4.27. The summed E-state index contributed by atoms with van der Waals surface area (Å²) in [7, 11) is 0. The second-order valence-electron chi connectivity index (χ2n) is 6.57. The van der Waals surface area contributed by atoms with Crippen LogP contribution in [0, 0.1) is 11.8 Å². The van der Waals surface area contributed by atoms with Gasteiger partial charge in [0.15, 0.2) is 0 Å². The van der Waals surface area contributed by atoms with Crippen molar-refractivity contribution in [2.24, 2.45) is 17.7 Å². The number of hydrogen-bond acceptors (Lipinski definition) is 3. The zero-order valence-corrected chi connectivity index (χ0v) is 13.5. The van der Waals surface area contributed by atoms with E-state index >= 15 is 0 Å². The van der Waals surface area contributed by atoms with Gasteiger partial charge in [-0.05, 0) is 55.6 Å². The first-order chi connectivity index (χ1) is 9.83. The lowest BCUT2D eigenvalue weighted by Gasteiger charge is -2.36. The smallest absolute Gasteiger partial charge is 0.0584 e. The number of fused-ring (bicyclic) bond motifs is 1. The maximum absolute atomic E-state index is 5.97. The predicted octanol–water partition coefficient (Wildman–Crippen LogP) is 4.35. The minimum absolute atomic E-state index is 0.385. The maximum atomic E-state index is 5.97. The lowest BCUT2D eigenvalue weighted by atomic mass is 9.73. The molecule has 3 heteroatoms. The Balaban J connectivity index is 1.83. The van der Waals surface area contributed by atoms with Gasteiger partial charge < -0.3 is 0 Å². The molecule has 1 aromatic rings. The third-order valence-electron chi connectivity index (χ3n) is 5.42. The number of hydrogen-bond donors (Lipinski definition) is 2. The van der Waals surface area contributed by atoms with E-state index in [1.807, 2.05) is 11.3 Å². The quantitative estimate of drug-likeness (QED) is 0.639. The highest BCUT2D eigenvalue weighted by Gasteiger charge is 2.32. The van der Waals surface area contributed by atoms with E-state index in [4.69, 9.17) is 5.84 Å². The largest absolute Gasteiger partial charge is 0.271 e. The molecule has 0 saturated heterocycles. The molecule has 0 amide bonds. The fraction of sp³-hybridized carbons (Fsp3) is 0.765. The minimum atomic E-state index is 0.385. The van der Waals surface area contributed by atoms with E-state index in [9.17, 15) is 0 Å². The number of rotatable bonds is 4. The molecule has 2 aliphatic carbocycles. The number of nitrogens with one attached hydrogen (secondary N) is 1. The van der Waals surface area contributed by atoms with Crippen LogP contribution in [0.15, 0.2) is 6.07 Å². The molecule has 3 unspecified atom stereocenters. The van der Waals surface area contributed by atoms with Gasteiger partial charge in [-0.1, -0.05) is 32.6 Å². The predicted molar refractivity (Wildman–Crippen MR) is 86.8 cm³/mol. The van der Waals surface area contributed by atoms with Gasteiger partial charge in [0.25, 0.3) is 0 Å². The molecule has 3 N–H and O–H groups in total. The summed E-state index contributed by atoms with van der Waals surface area (Å²) >= 11 is 2.03. The first-order valence-corrected chi connectivity index (χ1v) is 9.22. The molecule has 0 aromatic carbocycles. The van der Waals surface area contributed by atoms with Crippen molar-refractivity contribution >= 4 is 11.3 Å². The summed E-state index contributed by atoms with van der Waals surface area (Å²) < 4.78 is 0. The van der Waals surface area contributed by atoms with Crippen LogP contribution in [0.25, 0.3) is 0 Å². The van der Waals surface area contributed by atoms with Crippen LogP contribution in [-0.4, -0.2) is 0 Å². The average molecular weight is 292 g/mol. The molecule has 2 nitrogen and oxygen atoms in total. The van der Waals surface area contributed by atoms with Crippen LogP contribution in [0.2, 0.25) is 0 Å². The van der Waals surface area contributed by atoms with Gasteiger partial charge in [-0.15, -0.1) is 11.3 Å². The molecule has 1 heterocycles. The van der Waals surface area contributed by atoms with Gasteiger partial charge in [-0.25, -0.2) is 0 Å². The molecule has 1 fully saturated rings. The van der Waals surface area contributed by atoms with Crippen LogP contribution in [0.5, 0.6) is 0 Å². The Morgan fingerprint density at radius 2 is 2.05 bits per heavy atom. The number of nitrogens with two attached hydrogens (primary N) is 1. The van der Waals surface area contributed by atoms with Crippen LogP contribution in [0.3, 0.4) is 0 Å². The Kier molecular flexibility index (Phi) is 4.79. The third-order valence-corrected chi connectivity index (χ3v) is 6.74. The lowest BCUT2D eigenvalue weighted by molar-refractivity contribution is 0.178. The third kappa shape index (κ3) is 2.81. The highest BCUT2D eigenvalue weighted by atomic mass is 32.1. The van der Waals surface area contributed by atoms with Crippen molar-refractivity contribution < 1.29 is 0 Å². The van der Waals surface area contributed by atoms with E-state index in [1.165, 1.54) is 62.7 Å². The van der Waals surface area contributed by atoms with Crippen molar-refractivity contribution in [3.05, 3.63) is 21.4 Å². The Labute approximate surface area is 127 Å². The molecule has 0 aliphatic heterocycles. The van der Waals surface area contributed by atoms with Crippen LogP contribution in [0.4, 0.5) is 0 Å². The highest BCUT2D eigenvalue weighted by Crippen LogP contribution is 2.43. The van der Waals surface area contributed by atoms with E-state index in [-0.39, 0.29) is 0 Å². The second kappa shape index (κ2) is 6.59. The molecule has 2 aliphatic rings. The Bertz CT molecular complexity index is 417. The average Bonchev–Trinajstić information content (AvgIpc) is 2.92. The summed E-state index contributed by atoms with van der Waals surface area (Å²) in [6.07, 6.45) is 12.1. The molecular formula is C17H28N2S. The van der Waals surface area contributed by atoms with Gasteiger partial charge in [0.05, 0.1) is 6.04 Å². The number of hydrazine groups is 1. The highest BCUT2D eigenvalue weighted by molar-refractivity contribution is 7.12. The van der Waals surface area contributed by atoms with E-state index in [1.54, 1.807) is 10.4 Å². The number of aryl methyl sites for hydroxylation is 2. The van der Waals surface area contributed by atoms with E-state index < -0.39 is 0 Å². The molecule has 0 radical (unpaired) electrons. The molecule has 3 rings (SSSR count). The summed E-state index contributed by atoms with van der Waals surface area (Å²) in [6.45, 7) is 2.34. The van der Waals surface area contributed by atoms with Crippen molar-refractivity contribution in [2.45, 2.75) is 70.8 Å². The minimum Gasteiger partial charge on any atom is -0.271 e. The standard InChI is InChI=1S/C17H28N2S/c1-2-12-7-3-5-9-14(12)17(19-18)16-11-13-8-4-6-10-15(13)20-16/h11-12,14,17,19H,2-10,18H2,1H3. The van der Waals surface area contributed by atoms with Crippen molar-refractivity contribution in [1.29, 1.82) is 0 Å². The molecule has 1 aromatic heterocycles. The molecule has 20 heavy (non-hydrogen) atoms. The van der Waals surface area contributed by atoms with Crippen molar-refractivity contribution in [1.82, 2.24) is 5.43 Å². The van der Waals surface area contributed by atoms with Gasteiger partial charge in [0, 0.05) is 9.75 Å². The lowest BCUT2D eigenvalue weighted by Crippen LogP contribution is -2.37. The Hall–Kier alpha value is -0.380. The fourth-order valence-corrected chi connectivity index (χ4v) is 5.66. The van der Waals surface area contributed by atoms with Crippen LogP contribution in [0.1, 0.15) is 73.2 Å². The van der Waals surface area contributed by atoms with E-state index in [0.29, 0.717) is 6.04 Å². The molecule has 112 valence electrons. The maximum Gasteiger partial charge on any atom is 0.0584 e. The summed E-state index contributed by atoms with van der Waals surface area (Å²) in [5.41, 5.74) is 4.78. The van der Waals surface area contributed by atoms with E-state index in [2.05, 4.69) is 18.4 Å². The summed E-state index contributed by atoms with van der Waals surface area (Å²) in [6, 6.07) is 2.85.